The molecule has 6 heteroatoms. The molecular weight excluding hydrogens is 206 g/mol. The Bertz CT molecular complexity index is 245. The summed E-state index contributed by atoms with van der Waals surface area (Å²) in [7, 11) is 0. The number of carbonyl (C=O) groups is 2. The van der Waals surface area contributed by atoms with Gasteiger partial charge >= 0.3 is 5.97 Å². The van der Waals surface area contributed by atoms with E-state index in [0.717, 1.165) is 0 Å². The molecule has 0 saturated carbocycles. The molecule has 1 amide bonds. The van der Waals surface area contributed by atoms with E-state index < -0.39 is 18.6 Å². The Morgan fingerprint density at radius 1 is 1.71 bits per heavy atom. The predicted molar refractivity (Wildman–Crippen MR) is 52.2 cm³/mol. The maximum Gasteiger partial charge on any atom is 0.328 e. The molecule has 1 unspecified atom stereocenters. The van der Waals surface area contributed by atoms with Gasteiger partial charge in [0.15, 0.2) is 6.04 Å². The number of thiol groups is 1. The Balaban J connectivity index is 2.68. The molecule has 0 aromatic heterocycles. The molecule has 1 saturated heterocycles. The Labute approximate surface area is 87.1 Å². The highest BCUT2D eigenvalue weighted by Crippen LogP contribution is 2.21. The maximum absolute atomic E-state index is 11.4. The monoisotopic (exact) mass is 219 g/mol. The first-order valence-corrected chi connectivity index (χ1v) is 4.97. The smallest absolute Gasteiger partial charge is 0.328 e. The molecule has 1 heterocycles. The average Bonchev–Trinajstić information content (AvgIpc) is 2.48. The van der Waals surface area contributed by atoms with Gasteiger partial charge in [-0.2, -0.15) is 12.6 Å². The topological polar surface area (TPSA) is 77.8 Å². The first-order chi connectivity index (χ1) is 6.60. The van der Waals surface area contributed by atoms with Gasteiger partial charge in [-0.15, -0.1) is 0 Å². The van der Waals surface area contributed by atoms with Crippen LogP contribution in [-0.4, -0.2) is 51.9 Å². The molecule has 1 aliphatic heterocycles. The fourth-order valence-electron chi connectivity index (χ4n) is 1.54. The van der Waals surface area contributed by atoms with Crippen LogP contribution in [0.3, 0.4) is 0 Å². The van der Waals surface area contributed by atoms with Gasteiger partial charge in [-0.3, -0.25) is 4.79 Å². The van der Waals surface area contributed by atoms with E-state index in [1.165, 1.54) is 4.90 Å². The van der Waals surface area contributed by atoms with Crippen LogP contribution >= 0.6 is 12.6 Å². The Hall–Kier alpha value is -0.750. The van der Waals surface area contributed by atoms with Gasteiger partial charge in [0.2, 0.25) is 5.91 Å². The number of aliphatic hydroxyl groups excluding tert-OH is 1. The Morgan fingerprint density at radius 2 is 2.36 bits per heavy atom. The van der Waals surface area contributed by atoms with Crippen molar-refractivity contribution in [3.05, 3.63) is 0 Å². The van der Waals surface area contributed by atoms with E-state index in [0.29, 0.717) is 18.7 Å². The third-order valence-electron chi connectivity index (χ3n) is 2.33. The fraction of sp³-hybridized carbons (Fsp3) is 0.750. The number of hydrogen-bond donors (Lipinski definition) is 3. The molecule has 0 spiro atoms. The average molecular weight is 219 g/mol. The zero-order chi connectivity index (χ0) is 10.7. The molecule has 2 N–H and O–H groups in total. The van der Waals surface area contributed by atoms with E-state index in [9.17, 15) is 9.59 Å². The highest BCUT2D eigenvalue weighted by atomic mass is 32.1. The van der Waals surface area contributed by atoms with Crippen molar-refractivity contribution >= 4 is 24.5 Å². The second kappa shape index (κ2) is 4.65. The quantitative estimate of drug-likeness (QED) is 0.541. The van der Waals surface area contributed by atoms with Gasteiger partial charge in [-0.25, -0.2) is 4.79 Å². The van der Waals surface area contributed by atoms with Gasteiger partial charge in [0.05, 0.1) is 6.61 Å². The standard InChI is InChI=1S/C8H13NO4S/c10-3-6(8(12)13)9-2-5(4-14)1-7(9)11/h5-6,10,14H,1-4H2,(H,12,13)/t5?,6-/m0/s1. The van der Waals surface area contributed by atoms with Gasteiger partial charge in [0.1, 0.15) is 0 Å². The lowest BCUT2D eigenvalue weighted by atomic mass is 10.1. The fourth-order valence-corrected chi connectivity index (χ4v) is 1.79. The van der Waals surface area contributed by atoms with Crippen molar-refractivity contribution in [2.45, 2.75) is 12.5 Å². The number of amides is 1. The molecule has 2 atom stereocenters. The lowest BCUT2D eigenvalue weighted by Gasteiger charge is -2.22. The third kappa shape index (κ3) is 2.19. The van der Waals surface area contributed by atoms with Crippen molar-refractivity contribution in [1.29, 1.82) is 0 Å². The number of carbonyl (C=O) groups excluding carboxylic acids is 1. The van der Waals surface area contributed by atoms with Crippen molar-refractivity contribution in [3.8, 4) is 0 Å². The number of aliphatic carboxylic acids is 1. The summed E-state index contributed by atoms with van der Waals surface area (Å²) in [4.78, 5) is 23.3. The summed E-state index contributed by atoms with van der Waals surface area (Å²) in [5.41, 5.74) is 0. The molecule has 14 heavy (non-hydrogen) atoms. The number of likely N-dealkylation sites (tertiary alicyclic amines) is 1. The molecule has 0 aromatic rings. The zero-order valence-electron chi connectivity index (χ0n) is 7.59. The Morgan fingerprint density at radius 3 is 2.71 bits per heavy atom. The van der Waals surface area contributed by atoms with Crippen LogP contribution < -0.4 is 0 Å². The van der Waals surface area contributed by atoms with Crippen LogP contribution in [0, 0.1) is 5.92 Å². The van der Waals surface area contributed by atoms with Crippen LogP contribution in [0.4, 0.5) is 0 Å². The second-order valence-electron chi connectivity index (χ2n) is 3.34. The lowest BCUT2D eigenvalue weighted by Crippen LogP contribution is -2.44. The van der Waals surface area contributed by atoms with Crippen molar-refractivity contribution in [3.63, 3.8) is 0 Å². The van der Waals surface area contributed by atoms with Crippen molar-refractivity contribution in [1.82, 2.24) is 4.90 Å². The summed E-state index contributed by atoms with van der Waals surface area (Å²) in [5, 5.41) is 17.6. The number of rotatable bonds is 4. The SMILES string of the molecule is O=C(O)[C@H](CO)N1CC(CS)CC1=O. The van der Waals surface area contributed by atoms with Gasteiger partial charge < -0.3 is 15.1 Å². The van der Waals surface area contributed by atoms with E-state index in [2.05, 4.69) is 12.6 Å². The number of carboxylic acid groups (broad SMARTS) is 1. The van der Waals surface area contributed by atoms with Crippen molar-refractivity contribution in [2.75, 3.05) is 18.9 Å². The van der Waals surface area contributed by atoms with Crippen LogP contribution in [0.1, 0.15) is 6.42 Å². The van der Waals surface area contributed by atoms with Crippen LogP contribution in [0.5, 0.6) is 0 Å². The minimum Gasteiger partial charge on any atom is -0.480 e. The summed E-state index contributed by atoms with van der Waals surface area (Å²) in [6.07, 6.45) is 0.327. The van der Waals surface area contributed by atoms with Crippen molar-refractivity contribution < 1.29 is 19.8 Å². The van der Waals surface area contributed by atoms with Crippen LogP contribution in [-0.2, 0) is 9.59 Å². The highest BCUT2D eigenvalue weighted by molar-refractivity contribution is 7.80. The minimum atomic E-state index is -1.17. The zero-order valence-corrected chi connectivity index (χ0v) is 8.48. The van der Waals surface area contributed by atoms with Crippen LogP contribution in [0.25, 0.3) is 0 Å². The second-order valence-corrected chi connectivity index (χ2v) is 3.70. The van der Waals surface area contributed by atoms with Crippen molar-refractivity contribution in [2.24, 2.45) is 5.92 Å². The van der Waals surface area contributed by atoms with E-state index in [-0.39, 0.29) is 11.8 Å². The number of nitrogens with zero attached hydrogens (tertiary/aromatic N) is 1. The summed E-state index contributed by atoms with van der Waals surface area (Å²) >= 11 is 4.06. The van der Waals surface area contributed by atoms with Gasteiger partial charge in [-0.05, 0) is 11.7 Å². The molecule has 1 rings (SSSR count). The lowest BCUT2D eigenvalue weighted by molar-refractivity contribution is -0.149. The minimum absolute atomic E-state index is 0.0965. The number of carboxylic acids is 1. The molecule has 0 aromatic carbocycles. The van der Waals surface area contributed by atoms with E-state index >= 15 is 0 Å². The molecule has 0 aliphatic carbocycles. The largest absolute Gasteiger partial charge is 0.480 e. The van der Waals surface area contributed by atoms with E-state index in [1.807, 2.05) is 0 Å². The highest BCUT2D eigenvalue weighted by Gasteiger charge is 2.36. The van der Waals surface area contributed by atoms with Crippen LogP contribution in [0.15, 0.2) is 0 Å². The van der Waals surface area contributed by atoms with Gasteiger partial charge in [0.25, 0.3) is 0 Å². The maximum atomic E-state index is 11.4. The molecule has 5 nitrogen and oxygen atoms in total. The Kier molecular flexibility index (Phi) is 3.77. The normalized spacial score (nSPS) is 24.0. The predicted octanol–water partition coefficient (Wildman–Crippen LogP) is -0.790. The molecule has 0 radical (unpaired) electrons. The van der Waals surface area contributed by atoms with Gasteiger partial charge in [0, 0.05) is 13.0 Å². The van der Waals surface area contributed by atoms with E-state index in [1.54, 1.807) is 0 Å². The summed E-state index contributed by atoms with van der Waals surface area (Å²) in [5.74, 6) is -0.731. The molecular formula is C8H13NO4S. The van der Waals surface area contributed by atoms with Gasteiger partial charge in [-0.1, -0.05) is 0 Å². The number of hydrogen-bond acceptors (Lipinski definition) is 4. The molecule has 80 valence electrons. The first-order valence-electron chi connectivity index (χ1n) is 4.34. The summed E-state index contributed by atoms with van der Waals surface area (Å²) in [6.45, 7) is -0.166. The third-order valence-corrected chi connectivity index (χ3v) is 2.85. The van der Waals surface area contributed by atoms with Crippen LogP contribution in [0.2, 0.25) is 0 Å². The number of aliphatic hydroxyl groups is 1. The molecule has 0 bridgehead atoms. The molecule has 1 fully saturated rings. The first kappa shape index (κ1) is 11.3. The van der Waals surface area contributed by atoms with E-state index in [4.69, 9.17) is 10.2 Å². The summed E-state index contributed by atoms with van der Waals surface area (Å²) in [6, 6.07) is -1.10. The molecule has 1 aliphatic rings. The summed E-state index contributed by atoms with van der Waals surface area (Å²) < 4.78 is 0.